The molecule has 3 aromatic heterocycles. The first-order chi connectivity index (χ1) is 14.4. The first kappa shape index (κ1) is 31.9. The minimum absolute atomic E-state index is 0. The zero-order valence-corrected chi connectivity index (χ0v) is 21.1. The average molecular weight is 580 g/mol. The number of hydrogen-bond donors (Lipinski definition) is 0. The van der Waals surface area contributed by atoms with Crippen LogP contribution in [-0.4, -0.2) is 29.6 Å². The normalized spacial score (nSPS) is 8.90. The van der Waals surface area contributed by atoms with E-state index in [-0.39, 0.29) is 17.1 Å². The molecule has 165 valence electrons. The molecule has 31 heavy (non-hydrogen) atoms. The molecule has 0 fully saturated rings. The Balaban J connectivity index is 0. The van der Waals surface area contributed by atoms with E-state index in [1.165, 1.54) is 10.3 Å². The van der Waals surface area contributed by atoms with Gasteiger partial charge in [0.05, 0.1) is 0 Å². The maximum Gasteiger partial charge on any atom is 2.00 e. The van der Waals surface area contributed by atoms with Crippen LogP contribution in [0.15, 0.2) is 73.2 Å². The van der Waals surface area contributed by atoms with E-state index in [4.69, 9.17) is 45.6 Å². The van der Waals surface area contributed by atoms with Crippen LogP contribution in [-0.2, 0) is 21.6 Å². The Morgan fingerprint density at radius 2 is 0.968 bits per heavy atom. The van der Waals surface area contributed by atoms with E-state index in [2.05, 4.69) is 39.4 Å². The zero-order valence-electron chi connectivity index (χ0n) is 15.3. The monoisotopic (exact) mass is 578 g/mol. The molecule has 0 N–H and O–H groups in total. The number of rotatable bonds is 3. The van der Waals surface area contributed by atoms with Crippen LogP contribution >= 0.6 is 66.4 Å². The fourth-order valence-electron chi connectivity index (χ4n) is 1.97. The van der Waals surface area contributed by atoms with Gasteiger partial charge in [0.1, 0.15) is 16.3 Å². The molecular weight excluding hydrogens is 567 g/mol. The summed E-state index contributed by atoms with van der Waals surface area (Å²) in [4.78, 5) is 12.8. The molecule has 0 saturated carbocycles. The van der Waals surface area contributed by atoms with Crippen LogP contribution in [0, 0.1) is 0 Å². The number of isothiocyanates is 2. The Labute approximate surface area is 216 Å². The molecule has 3 aromatic rings. The van der Waals surface area contributed by atoms with Crippen molar-refractivity contribution in [3.05, 3.63) is 84.0 Å². The molecule has 13 heteroatoms. The van der Waals surface area contributed by atoms with Gasteiger partial charge in [-0.25, -0.2) is 0 Å². The van der Waals surface area contributed by atoms with Crippen molar-refractivity contribution in [3.63, 3.8) is 0 Å². The van der Waals surface area contributed by atoms with Crippen molar-refractivity contribution in [1.29, 1.82) is 0 Å². The largest absolute Gasteiger partial charge is 2.00 e. The fourth-order valence-corrected chi connectivity index (χ4v) is 4.25. The molecule has 0 aromatic carbocycles. The minimum atomic E-state index is -3.11. The third-order valence-electron chi connectivity index (χ3n) is 2.92. The van der Waals surface area contributed by atoms with E-state index in [1.807, 2.05) is 18.2 Å². The molecule has 0 amide bonds. The first-order valence-electron chi connectivity index (χ1n) is 7.67. The van der Waals surface area contributed by atoms with Crippen molar-refractivity contribution in [2.24, 2.45) is 0 Å². The molecule has 1 radical (unpaired) electrons. The smallest absolute Gasteiger partial charge is 0.753 e. The van der Waals surface area contributed by atoms with Crippen LogP contribution < -0.4 is 16.3 Å². The number of halogens is 3. The summed E-state index contributed by atoms with van der Waals surface area (Å²) >= 11 is 21.8. The van der Waals surface area contributed by atoms with Gasteiger partial charge in [0.25, 0.3) is 0 Å². The molecule has 3 heterocycles. The summed E-state index contributed by atoms with van der Waals surface area (Å²) in [6.07, 6.45) is 4.90. The maximum absolute atomic E-state index is 13.6. The van der Waals surface area contributed by atoms with E-state index in [0.29, 0.717) is 16.3 Å². The van der Waals surface area contributed by atoms with Gasteiger partial charge >= 0.3 is 17.1 Å². The van der Waals surface area contributed by atoms with Crippen LogP contribution in [0.4, 0.5) is 0 Å². The molecule has 0 atom stereocenters. The number of aromatic nitrogens is 3. The fraction of sp³-hybridized carbons (Fsp3) is 0.0556. The summed E-state index contributed by atoms with van der Waals surface area (Å²) in [5, 5.41) is 16.9. The van der Waals surface area contributed by atoms with Gasteiger partial charge < -0.3 is 15.4 Å². The Bertz CT molecular complexity index is 859. The van der Waals surface area contributed by atoms with E-state index in [9.17, 15) is 4.57 Å². The summed E-state index contributed by atoms with van der Waals surface area (Å²) < 4.78 is 12.9. The van der Waals surface area contributed by atoms with Crippen LogP contribution in [0.3, 0.4) is 0 Å². The van der Waals surface area contributed by atoms with E-state index in [1.54, 1.807) is 55.0 Å². The minimum Gasteiger partial charge on any atom is -0.753 e. The summed E-state index contributed by atoms with van der Waals surface area (Å²) in [7, 11) is -3.11. The molecular formula is C18H13Cl3CuN5OPS2. The van der Waals surface area contributed by atoms with Crippen molar-refractivity contribution in [2.75, 3.05) is 0 Å². The SMILES string of the molecule is ClC(Cl)Cl.O=P(c1ccccn1)(c1ccccn1)c1ccccn1.[Cu+2].[N-]=C=S.[N-]=C=S. The van der Waals surface area contributed by atoms with Crippen molar-refractivity contribution >= 4 is 93.0 Å². The number of thiocarbonyl (C=S) groups is 2. The maximum atomic E-state index is 13.6. The van der Waals surface area contributed by atoms with Gasteiger partial charge in [-0.2, -0.15) is 10.3 Å². The van der Waals surface area contributed by atoms with Crippen molar-refractivity contribution in [3.8, 4) is 0 Å². The van der Waals surface area contributed by atoms with Gasteiger partial charge in [-0.1, -0.05) is 77.4 Å². The zero-order chi connectivity index (χ0) is 22.8. The van der Waals surface area contributed by atoms with Gasteiger partial charge in [0, 0.05) is 18.6 Å². The predicted molar refractivity (Wildman–Crippen MR) is 132 cm³/mol. The Morgan fingerprint density at radius 3 is 1.13 bits per heavy atom. The second kappa shape index (κ2) is 19.4. The summed E-state index contributed by atoms with van der Waals surface area (Å²) in [6.45, 7) is 0. The van der Waals surface area contributed by atoms with Crippen LogP contribution in [0.25, 0.3) is 10.8 Å². The number of nitrogens with zero attached hydrogens (tertiary/aromatic N) is 5. The van der Waals surface area contributed by atoms with Gasteiger partial charge in [0.2, 0.25) is 7.14 Å². The average Bonchev–Trinajstić information content (AvgIpc) is 2.76. The second-order valence-corrected chi connectivity index (χ2v) is 9.54. The molecule has 6 nitrogen and oxygen atoms in total. The van der Waals surface area contributed by atoms with Crippen molar-refractivity contribution in [2.45, 2.75) is 4.30 Å². The summed E-state index contributed by atoms with van der Waals surface area (Å²) in [5.74, 6) is 0. The van der Waals surface area contributed by atoms with Gasteiger partial charge in [-0.3, -0.25) is 15.0 Å². The summed E-state index contributed by atoms with van der Waals surface area (Å²) in [5.41, 5.74) is 1.49. The molecule has 0 bridgehead atoms. The molecule has 0 aliphatic carbocycles. The summed E-state index contributed by atoms with van der Waals surface area (Å²) in [6, 6.07) is 16.1. The molecule has 3 rings (SSSR count). The molecule has 0 saturated heterocycles. The molecule has 0 spiro atoms. The topological polar surface area (TPSA) is 100 Å². The third kappa shape index (κ3) is 12.3. The Kier molecular flexibility index (Phi) is 19.9. The Hall–Kier alpha value is -1.33. The number of pyridine rings is 3. The Morgan fingerprint density at radius 1 is 0.742 bits per heavy atom. The predicted octanol–water partition coefficient (Wildman–Crippen LogP) is 4.81. The molecule has 0 aliphatic rings. The van der Waals surface area contributed by atoms with Crippen LogP contribution in [0.1, 0.15) is 0 Å². The third-order valence-corrected chi connectivity index (χ3v) is 5.65. The standard InChI is InChI=1S/C15H12N3OP.CHCl3.2CNS.Cu/c19-20(13-7-1-4-10-16-13,14-8-2-5-11-17-14)15-9-3-6-12-18-15;2-1(3)4;2*2-1-3;/h1-12H;1H;;;/q;;2*-1;+2. The van der Waals surface area contributed by atoms with Gasteiger partial charge in [-0.05, 0) is 36.4 Å². The second-order valence-electron chi connectivity index (χ2n) is 4.60. The van der Waals surface area contributed by atoms with Gasteiger partial charge in [-0.15, -0.1) is 0 Å². The van der Waals surface area contributed by atoms with Gasteiger partial charge in [0.15, 0.2) is 4.30 Å². The molecule has 0 unspecified atom stereocenters. The van der Waals surface area contributed by atoms with E-state index >= 15 is 0 Å². The van der Waals surface area contributed by atoms with Crippen LogP contribution in [0.5, 0.6) is 0 Å². The molecule has 0 aliphatic heterocycles. The van der Waals surface area contributed by atoms with E-state index in [0.717, 1.165) is 0 Å². The van der Waals surface area contributed by atoms with Crippen molar-refractivity contribution in [1.82, 2.24) is 15.0 Å². The quantitative estimate of drug-likeness (QED) is 0.145. The number of alkyl halides is 3. The number of hydrogen-bond acceptors (Lipinski definition) is 6. The van der Waals surface area contributed by atoms with E-state index < -0.39 is 11.4 Å². The van der Waals surface area contributed by atoms with Crippen LogP contribution in [0.2, 0.25) is 0 Å². The van der Waals surface area contributed by atoms with Crippen molar-refractivity contribution < 1.29 is 21.6 Å². The first-order valence-corrected chi connectivity index (χ1v) is 11.5.